The molecule has 2 aromatic heterocycles. The molecule has 0 radical (unpaired) electrons. The van der Waals surface area contributed by atoms with Crippen LogP contribution in [0.1, 0.15) is 11.1 Å². The van der Waals surface area contributed by atoms with Crippen LogP contribution >= 0.6 is 11.3 Å². The Balaban J connectivity index is 1.91. The van der Waals surface area contributed by atoms with Crippen molar-refractivity contribution >= 4 is 22.4 Å². The summed E-state index contributed by atoms with van der Waals surface area (Å²) in [5.41, 5.74) is 2.54. The van der Waals surface area contributed by atoms with E-state index in [4.69, 9.17) is 0 Å². The molecule has 0 unspecified atom stereocenters. The molecule has 0 amide bonds. The zero-order chi connectivity index (χ0) is 16.7. The van der Waals surface area contributed by atoms with Gasteiger partial charge in [-0.2, -0.15) is 0 Å². The lowest BCUT2D eigenvalue weighted by Gasteiger charge is -1.98. The molecule has 118 valence electrons. The normalized spacial score (nSPS) is 12.2. The molecule has 0 N–H and O–H groups in total. The molecule has 6 heteroatoms. The second-order valence-corrected chi connectivity index (χ2v) is 6.49. The highest BCUT2D eigenvalue weighted by Gasteiger charge is 2.14. The Hall–Kier alpha value is -2.86. The van der Waals surface area contributed by atoms with Crippen LogP contribution in [0, 0.1) is 12.7 Å². The van der Waals surface area contributed by atoms with E-state index in [1.165, 1.54) is 27.9 Å². The lowest BCUT2D eigenvalue weighted by atomic mass is 10.1. The summed E-state index contributed by atoms with van der Waals surface area (Å²) in [6.07, 6.45) is 1.74. The number of benzene rings is 2. The average Bonchev–Trinajstić information content (AvgIpc) is 3.11. The number of rotatable bonds is 2. The topological polar surface area (TPSA) is 47.3 Å². The van der Waals surface area contributed by atoms with Crippen molar-refractivity contribution in [1.82, 2.24) is 14.6 Å². The van der Waals surface area contributed by atoms with Crippen molar-refractivity contribution in [3.8, 4) is 11.4 Å². The van der Waals surface area contributed by atoms with Gasteiger partial charge in [0.2, 0.25) is 4.96 Å². The summed E-state index contributed by atoms with van der Waals surface area (Å²) in [4.78, 5) is 13.3. The van der Waals surface area contributed by atoms with Crippen molar-refractivity contribution in [2.75, 3.05) is 0 Å². The third-order valence-electron chi connectivity index (χ3n) is 3.69. The van der Waals surface area contributed by atoms with Gasteiger partial charge in [-0.05, 0) is 36.8 Å². The first-order valence-corrected chi connectivity index (χ1v) is 8.16. The maximum absolute atomic E-state index is 13.0. The van der Waals surface area contributed by atoms with Gasteiger partial charge in [0.15, 0.2) is 5.82 Å². The van der Waals surface area contributed by atoms with Gasteiger partial charge < -0.3 is 0 Å². The molecule has 4 aromatic rings. The lowest BCUT2D eigenvalue weighted by Crippen LogP contribution is -2.23. The zero-order valence-electron chi connectivity index (χ0n) is 12.7. The third kappa shape index (κ3) is 2.51. The molecular formula is C18H12FN3OS. The van der Waals surface area contributed by atoms with Crippen molar-refractivity contribution in [2.24, 2.45) is 0 Å². The smallest absolute Gasteiger partial charge is 0.267 e. The lowest BCUT2D eigenvalue weighted by molar-refractivity contribution is 0.628. The summed E-state index contributed by atoms with van der Waals surface area (Å²) in [7, 11) is 0. The number of aryl methyl sites for hydroxylation is 1. The molecule has 0 saturated carbocycles. The van der Waals surface area contributed by atoms with Gasteiger partial charge in [-0.3, -0.25) is 4.79 Å². The molecule has 0 aliphatic carbocycles. The monoisotopic (exact) mass is 337 g/mol. The highest BCUT2D eigenvalue weighted by molar-refractivity contribution is 7.15. The minimum Gasteiger partial charge on any atom is -0.267 e. The first kappa shape index (κ1) is 14.7. The van der Waals surface area contributed by atoms with Gasteiger partial charge in [-0.1, -0.05) is 47.2 Å². The number of nitrogens with zero attached hydrogens (tertiary/aromatic N) is 3. The SMILES string of the molecule is Cc1cccc(-c2nnc3sc(=Cc4ccc(F)cc4)c(=O)n23)c1. The molecule has 0 spiro atoms. The summed E-state index contributed by atoms with van der Waals surface area (Å²) in [6.45, 7) is 1.99. The van der Waals surface area contributed by atoms with Crippen LogP contribution in [0.5, 0.6) is 0 Å². The van der Waals surface area contributed by atoms with Crippen molar-refractivity contribution in [3.63, 3.8) is 0 Å². The van der Waals surface area contributed by atoms with Crippen molar-refractivity contribution in [3.05, 3.63) is 80.4 Å². The molecule has 0 saturated heterocycles. The molecule has 4 rings (SSSR count). The largest absolute Gasteiger partial charge is 0.276 e. The zero-order valence-corrected chi connectivity index (χ0v) is 13.5. The van der Waals surface area contributed by atoms with Gasteiger partial charge in [0, 0.05) is 5.56 Å². The second kappa shape index (κ2) is 5.65. The Morgan fingerprint density at radius 2 is 1.92 bits per heavy atom. The molecule has 2 aromatic carbocycles. The molecule has 0 atom stereocenters. The van der Waals surface area contributed by atoms with Gasteiger partial charge in [-0.15, -0.1) is 10.2 Å². The molecule has 0 aliphatic heterocycles. The molecule has 0 bridgehead atoms. The second-order valence-electron chi connectivity index (χ2n) is 5.48. The number of fused-ring (bicyclic) bond motifs is 1. The van der Waals surface area contributed by atoms with Crippen molar-refractivity contribution in [2.45, 2.75) is 6.92 Å². The van der Waals surface area contributed by atoms with Crippen molar-refractivity contribution in [1.29, 1.82) is 0 Å². The Bertz CT molecular complexity index is 1150. The number of halogens is 1. The van der Waals surface area contributed by atoms with E-state index in [2.05, 4.69) is 10.2 Å². The van der Waals surface area contributed by atoms with Crippen molar-refractivity contribution < 1.29 is 4.39 Å². The fourth-order valence-electron chi connectivity index (χ4n) is 2.54. The quantitative estimate of drug-likeness (QED) is 0.565. The van der Waals surface area contributed by atoms with Crippen LogP contribution in [0.15, 0.2) is 53.3 Å². The first-order valence-electron chi connectivity index (χ1n) is 7.34. The predicted octanol–water partition coefficient (Wildman–Crippen LogP) is 2.81. The summed E-state index contributed by atoms with van der Waals surface area (Å²) in [6, 6.07) is 13.8. The van der Waals surface area contributed by atoms with Crippen LogP contribution in [0.2, 0.25) is 0 Å². The highest BCUT2D eigenvalue weighted by atomic mass is 32.1. The molecule has 24 heavy (non-hydrogen) atoms. The van der Waals surface area contributed by atoms with Gasteiger partial charge >= 0.3 is 0 Å². The summed E-state index contributed by atoms with van der Waals surface area (Å²) in [5.74, 6) is 0.232. The number of aromatic nitrogens is 3. The highest BCUT2D eigenvalue weighted by Crippen LogP contribution is 2.18. The average molecular weight is 337 g/mol. The minimum atomic E-state index is -0.304. The number of thiazole rings is 1. The molecule has 4 nitrogen and oxygen atoms in total. The Kier molecular flexibility index (Phi) is 3.46. The van der Waals surface area contributed by atoms with E-state index in [1.807, 2.05) is 31.2 Å². The molecular weight excluding hydrogens is 325 g/mol. The minimum absolute atomic E-state index is 0.166. The first-order chi connectivity index (χ1) is 11.6. The number of hydrogen-bond acceptors (Lipinski definition) is 4. The standard InChI is InChI=1S/C18H12FN3OS/c1-11-3-2-4-13(9-11)16-20-21-18-22(16)17(23)15(24-18)10-12-5-7-14(19)8-6-12/h2-10H,1H3. The predicted molar refractivity (Wildman–Crippen MR) is 92.5 cm³/mol. The van der Waals surface area contributed by atoms with Crippen LogP contribution in [0.3, 0.4) is 0 Å². The van der Waals surface area contributed by atoms with E-state index in [-0.39, 0.29) is 11.4 Å². The van der Waals surface area contributed by atoms with E-state index >= 15 is 0 Å². The summed E-state index contributed by atoms with van der Waals surface area (Å²) >= 11 is 1.27. The van der Waals surface area contributed by atoms with Gasteiger partial charge in [0.1, 0.15) is 5.82 Å². The Labute approximate surface area is 140 Å². The maximum atomic E-state index is 13.0. The fourth-order valence-corrected chi connectivity index (χ4v) is 3.46. The third-order valence-corrected chi connectivity index (χ3v) is 4.65. The van der Waals surface area contributed by atoms with Gasteiger partial charge in [-0.25, -0.2) is 8.79 Å². The van der Waals surface area contributed by atoms with Gasteiger partial charge in [0.05, 0.1) is 4.53 Å². The van der Waals surface area contributed by atoms with E-state index in [0.29, 0.717) is 15.3 Å². The Morgan fingerprint density at radius 1 is 1.12 bits per heavy atom. The van der Waals surface area contributed by atoms with E-state index in [9.17, 15) is 9.18 Å². The van der Waals surface area contributed by atoms with Gasteiger partial charge in [0.25, 0.3) is 5.56 Å². The van der Waals surface area contributed by atoms with E-state index in [0.717, 1.165) is 16.7 Å². The fraction of sp³-hybridized carbons (Fsp3) is 0.0556. The molecule has 0 aliphatic rings. The summed E-state index contributed by atoms with van der Waals surface area (Å²) in [5, 5.41) is 8.26. The van der Waals surface area contributed by atoms with Crippen LogP contribution in [0.4, 0.5) is 4.39 Å². The Morgan fingerprint density at radius 3 is 2.67 bits per heavy atom. The molecule has 2 heterocycles. The maximum Gasteiger partial charge on any atom is 0.276 e. The van der Waals surface area contributed by atoms with Crippen LogP contribution < -0.4 is 10.1 Å². The van der Waals surface area contributed by atoms with E-state index < -0.39 is 0 Å². The van der Waals surface area contributed by atoms with Crippen LogP contribution in [-0.4, -0.2) is 14.6 Å². The van der Waals surface area contributed by atoms with Crippen LogP contribution in [0.25, 0.3) is 22.4 Å². The molecule has 0 fully saturated rings. The van der Waals surface area contributed by atoms with Crippen LogP contribution in [-0.2, 0) is 0 Å². The van der Waals surface area contributed by atoms with E-state index in [1.54, 1.807) is 18.2 Å². The summed E-state index contributed by atoms with van der Waals surface area (Å²) < 4.78 is 15.1. The number of hydrogen-bond donors (Lipinski definition) is 0.